The highest BCUT2D eigenvalue weighted by Crippen LogP contribution is 2.34. The Hall–Kier alpha value is -2.64. The summed E-state index contributed by atoms with van der Waals surface area (Å²) in [4.78, 5) is 18.5. The van der Waals surface area contributed by atoms with Crippen molar-refractivity contribution in [2.24, 2.45) is 5.73 Å². The summed E-state index contributed by atoms with van der Waals surface area (Å²) >= 11 is 5.12. The third-order valence-electron chi connectivity index (χ3n) is 5.39. The van der Waals surface area contributed by atoms with Crippen LogP contribution >= 0.6 is 12.2 Å². The molecule has 0 radical (unpaired) electrons. The second-order valence-corrected chi connectivity index (χ2v) is 7.53. The van der Waals surface area contributed by atoms with Gasteiger partial charge in [0.1, 0.15) is 12.1 Å². The number of cyclic esters (lactones) is 1. The molecule has 7 heteroatoms. The third kappa shape index (κ3) is 3.81. The fourth-order valence-electron chi connectivity index (χ4n) is 3.99. The lowest BCUT2D eigenvalue weighted by molar-refractivity contribution is 0.0940. The van der Waals surface area contributed by atoms with E-state index in [1.165, 1.54) is 10.6 Å². The van der Waals surface area contributed by atoms with Crippen LogP contribution in [0.25, 0.3) is 0 Å². The van der Waals surface area contributed by atoms with Crippen LogP contribution in [0.4, 0.5) is 10.5 Å². The summed E-state index contributed by atoms with van der Waals surface area (Å²) in [5.74, 6) is 0. The highest BCUT2D eigenvalue weighted by Gasteiger charge is 2.45. The van der Waals surface area contributed by atoms with Crippen molar-refractivity contribution in [3.63, 3.8) is 0 Å². The van der Waals surface area contributed by atoms with Crippen LogP contribution in [0.3, 0.4) is 0 Å². The largest absolute Gasteiger partial charge is 0.442 e. The Bertz CT molecular complexity index is 825. The number of hydrogen-bond donors (Lipinski definition) is 1. The van der Waals surface area contributed by atoms with Crippen LogP contribution in [-0.2, 0) is 4.74 Å². The number of piperazine rings is 1. The molecule has 2 unspecified atom stereocenters. The van der Waals surface area contributed by atoms with E-state index in [0.717, 1.165) is 31.7 Å². The van der Waals surface area contributed by atoms with Crippen LogP contribution in [0.5, 0.6) is 0 Å². The SMILES string of the molecule is NC(=S)N1C(=O)OC(CN2CCN(c3ccccc3)CC2)C1c1ccccc1. The van der Waals surface area contributed by atoms with Gasteiger partial charge in [0.05, 0.1) is 0 Å². The monoisotopic (exact) mass is 396 g/mol. The Morgan fingerprint density at radius 2 is 1.61 bits per heavy atom. The number of nitrogens with two attached hydrogens (primary N) is 1. The van der Waals surface area contributed by atoms with Crippen molar-refractivity contribution in [1.29, 1.82) is 0 Å². The van der Waals surface area contributed by atoms with E-state index < -0.39 is 6.09 Å². The van der Waals surface area contributed by atoms with Crippen LogP contribution in [0.1, 0.15) is 11.6 Å². The topological polar surface area (TPSA) is 62.0 Å². The summed E-state index contributed by atoms with van der Waals surface area (Å²) in [6.45, 7) is 4.38. The molecule has 0 saturated carbocycles. The van der Waals surface area contributed by atoms with Gasteiger partial charge in [-0.15, -0.1) is 0 Å². The van der Waals surface area contributed by atoms with Gasteiger partial charge in [-0.1, -0.05) is 48.5 Å². The van der Waals surface area contributed by atoms with Gasteiger partial charge in [-0.25, -0.2) is 9.69 Å². The summed E-state index contributed by atoms with van der Waals surface area (Å²) < 4.78 is 5.68. The maximum atomic E-state index is 12.4. The van der Waals surface area contributed by atoms with Crippen molar-refractivity contribution in [1.82, 2.24) is 9.80 Å². The normalized spacial score (nSPS) is 22.9. The van der Waals surface area contributed by atoms with Crippen LogP contribution in [-0.4, -0.2) is 59.8 Å². The number of carbonyl (C=O) groups is 1. The predicted molar refractivity (Wildman–Crippen MR) is 113 cm³/mol. The van der Waals surface area contributed by atoms with Crippen LogP contribution in [0.2, 0.25) is 0 Å². The average Bonchev–Trinajstić information content (AvgIpc) is 3.06. The number of para-hydroxylation sites is 1. The smallest absolute Gasteiger partial charge is 0.417 e. The molecule has 0 aliphatic carbocycles. The first-order valence-corrected chi connectivity index (χ1v) is 9.91. The van der Waals surface area contributed by atoms with Crippen LogP contribution < -0.4 is 10.6 Å². The minimum atomic E-state index is -0.464. The molecule has 2 N–H and O–H groups in total. The van der Waals surface area contributed by atoms with Gasteiger partial charge in [-0.05, 0) is 29.9 Å². The summed E-state index contributed by atoms with van der Waals surface area (Å²) in [6.07, 6.45) is -0.769. The molecule has 0 aromatic heterocycles. The van der Waals surface area contributed by atoms with Crippen molar-refractivity contribution in [3.05, 3.63) is 66.2 Å². The Balaban J connectivity index is 1.45. The standard InChI is InChI=1S/C21H24N4O2S/c22-20(28)25-19(16-7-3-1-4-8-16)18(27-21(25)26)15-23-11-13-24(14-12-23)17-9-5-2-6-10-17/h1-10,18-19H,11-15H2,(H2,22,28). The van der Waals surface area contributed by atoms with E-state index in [9.17, 15) is 4.79 Å². The van der Waals surface area contributed by atoms with E-state index in [-0.39, 0.29) is 17.3 Å². The summed E-state index contributed by atoms with van der Waals surface area (Å²) in [5.41, 5.74) is 8.06. The molecule has 1 amide bonds. The minimum absolute atomic E-state index is 0.0512. The number of anilines is 1. The zero-order valence-corrected chi connectivity index (χ0v) is 16.4. The van der Waals surface area contributed by atoms with E-state index in [4.69, 9.17) is 22.7 Å². The number of rotatable bonds is 4. The van der Waals surface area contributed by atoms with Gasteiger partial charge >= 0.3 is 6.09 Å². The molecule has 2 aromatic carbocycles. The third-order valence-corrected chi connectivity index (χ3v) is 5.59. The second kappa shape index (κ2) is 8.16. The number of carbonyl (C=O) groups excluding carboxylic acids is 1. The molecular formula is C21H24N4O2S. The Labute approximate surface area is 170 Å². The first kappa shape index (κ1) is 18.7. The predicted octanol–water partition coefficient (Wildman–Crippen LogP) is 2.61. The zero-order valence-electron chi connectivity index (χ0n) is 15.6. The molecule has 2 atom stereocenters. The molecule has 28 heavy (non-hydrogen) atoms. The summed E-state index contributed by atoms with van der Waals surface area (Å²) in [7, 11) is 0. The number of benzene rings is 2. The average molecular weight is 397 g/mol. The van der Waals surface area contributed by atoms with Gasteiger partial charge in [0.15, 0.2) is 5.11 Å². The maximum Gasteiger partial charge on any atom is 0.417 e. The fourth-order valence-corrected chi connectivity index (χ4v) is 4.18. The van der Waals surface area contributed by atoms with E-state index in [1.807, 2.05) is 36.4 Å². The molecule has 2 aliphatic heterocycles. The quantitative estimate of drug-likeness (QED) is 0.802. The molecule has 2 saturated heterocycles. The molecular weight excluding hydrogens is 372 g/mol. The van der Waals surface area contributed by atoms with Crippen LogP contribution in [0, 0.1) is 0 Å². The second-order valence-electron chi connectivity index (χ2n) is 7.11. The van der Waals surface area contributed by atoms with E-state index >= 15 is 0 Å². The van der Waals surface area contributed by atoms with Crippen molar-refractivity contribution in [2.75, 3.05) is 37.6 Å². The fraction of sp³-hybridized carbons (Fsp3) is 0.333. The van der Waals surface area contributed by atoms with Gasteiger partial charge in [-0.2, -0.15) is 0 Å². The number of hydrogen-bond acceptors (Lipinski definition) is 5. The zero-order chi connectivity index (χ0) is 19.5. The lowest BCUT2D eigenvalue weighted by atomic mass is 10.0. The van der Waals surface area contributed by atoms with Crippen LogP contribution in [0.15, 0.2) is 60.7 Å². The van der Waals surface area contributed by atoms with Crippen molar-refractivity contribution >= 4 is 29.1 Å². The van der Waals surface area contributed by atoms with Gasteiger partial charge in [-0.3, -0.25) is 4.90 Å². The highest BCUT2D eigenvalue weighted by molar-refractivity contribution is 7.80. The maximum absolute atomic E-state index is 12.4. The lowest BCUT2D eigenvalue weighted by Gasteiger charge is -2.37. The number of thiocarbonyl (C=S) groups is 1. The van der Waals surface area contributed by atoms with E-state index in [2.05, 4.69) is 34.1 Å². The Morgan fingerprint density at radius 3 is 2.21 bits per heavy atom. The number of nitrogens with zero attached hydrogens (tertiary/aromatic N) is 3. The molecule has 2 aliphatic rings. The minimum Gasteiger partial charge on any atom is -0.442 e. The lowest BCUT2D eigenvalue weighted by Crippen LogP contribution is -2.49. The highest BCUT2D eigenvalue weighted by atomic mass is 32.1. The molecule has 2 aromatic rings. The molecule has 146 valence electrons. The molecule has 4 rings (SSSR count). The first-order chi connectivity index (χ1) is 13.6. The van der Waals surface area contributed by atoms with Gasteiger partial charge in [0.2, 0.25) is 0 Å². The van der Waals surface area contributed by atoms with Crippen molar-refractivity contribution in [3.8, 4) is 0 Å². The molecule has 0 spiro atoms. The van der Waals surface area contributed by atoms with Gasteiger partial charge < -0.3 is 15.4 Å². The Kier molecular flexibility index (Phi) is 5.45. The Morgan fingerprint density at radius 1 is 1.00 bits per heavy atom. The molecule has 0 bridgehead atoms. The number of ether oxygens (including phenoxy) is 1. The van der Waals surface area contributed by atoms with E-state index in [1.54, 1.807) is 0 Å². The summed E-state index contributed by atoms with van der Waals surface area (Å²) in [6, 6.07) is 20.0. The first-order valence-electron chi connectivity index (χ1n) is 9.50. The number of amides is 1. The summed E-state index contributed by atoms with van der Waals surface area (Å²) in [5, 5.41) is 0.0512. The van der Waals surface area contributed by atoms with Crippen molar-refractivity contribution in [2.45, 2.75) is 12.1 Å². The van der Waals surface area contributed by atoms with Crippen molar-refractivity contribution < 1.29 is 9.53 Å². The molecule has 2 heterocycles. The van der Waals surface area contributed by atoms with E-state index in [0.29, 0.717) is 6.54 Å². The molecule has 6 nitrogen and oxygen atoms in total. The van der Waals surface area contributed by atoms with Gasteiger partial charge in [0, 0.05) is 38.4 Å². The van der Waals surface area contributed by atoms with Gasteiger partial charge in [0.25, 0.3) is 0 Å². The molecule has 2 fully saturated rings.